The van der Waals surface area contributed by atoms with Gasteiger partial charge in [0.15, 0.2) is 0 Å². The largest absolute Gasteiger partial charge is 0.300 e. The van der Waals surface area contributed by atoms with Crippen LogP contribution in [-0.2, 0) is 0 Å². The molecule has 0 atom stereocenters. The molecule has 0 radical (unpaired) electrons. The number of hydrogen-bond acceptors (Lipinski definition) is 3. The van der Waals surface area contributed by atoms with Gasteiger partial charge in [-0.25, -0.2) is 0 Å². The Morgan fingerprint density at radius 1 is 0.643 bits per heavy atom. The second-order valence-corrected chi connectivity index (χ2v) is 4.81. The molecule has 0 aromatic carbocycles. The molecule has 3 nitrogen and oxygen atoms in total. The SMILES string of the molecule is CC(C)N1CCN2CCN(CC2)CC1. The summed E-state index contributed by atoms with van der Waals surface area (Å²) in [6, 6.07) is 0.704. The van der Waals surface area contributed by atoms with E-state index in [9.17, 15) is 0 Å². The number of fused-ring (bicyclic) bond motifs is 6. The zero-order chi connectivity index (χ0) is 9.97. The summed E-state index contributed by atoms with van der Waals surface area (Å²) in [5, 5.41) is 0. The lowest BCUT2D eigenvalue weighted by atomic mass is 10.3. The molecule has 0 spiro atoms. The zero-order valence-corrected chi connectivity index (χ0v) is 9.58. The molecule has 2 bridgehead atoms. The fraction of sp³-hybridized carbons (Fsp3) is 1.00. The van der Waals surface area contributed by atoms with Crippen molar-refractivity contribution < 1.29 is 0 Å². The number of piperazine rings is 1. The third-order valence-electron chi connectivity index (χ3n) is 3.60. The summed E-state index contributed by atoms with van der Waals surface area (Å²) < 4.78 is 0. The molecular weight excluding hydrogens is 174 g/mol. The van der Waals surface area contributed by atoms with Crippen LogP contribution >= 0.6 is 0 Å². The maximum Gasteiger partial charge on any atom is 0.0113 e. The fourth-order valence-electron chi connectivity index (χ4n) is 2.40. The third kappa shape index (κ3) is 2.47. The zero-order valence-electron chi connectivity index (χ0n) is 9.58. The lowest BCUT2D eigenvalue weighted by Crippen LogP contribution is -2.46. The van der Waals surface area contributed by atoms with E-state index in [4.69, 9.17) is 0 Å². The minimum absolute atomic E-state index is 0.704. The molecule has 3 heterocycles. The van der Waals surface area contributed by atoms with E-state index < -0.39 is 0 Å². The van der Waals surface area contributed by atoms with Crippen LogP contribution in [0, 0.1) is 0 Å². The first-order valence-corrected chi connectivity index (χ1v) is 5.94. The summed E-state index contributed by atoms with van der Waals surface area (Å²) in [6.07, 6.45) is 0. The quantitative estimate of drug-likeness (QED) is 0.600. The van der Waals surface area contributed by atoms with Gasteiger partial charge in [-0.3, -0.25) is 14.7 Å². The van der Waals surface area contributed by atoms with Crippen LogP contribution in [0.25, 0.3) is 0 Å². The summed E-state index contributed by atoms with van der Waals surface area (Å²) >= 11 is 0. The van der Waals surface area contributed by atoms with E-state index >= 15 is 0 Å². The number of nitrogens with zero attached hydrogens (tertiary/aromatic N) is 3. The minimum Gasteiger partial charge on any atom is -0.300 e. The topological polar surface area (TPSA) is 9.72 Å². The predicted molar refractivity (Wildman–Crippen MR) is 59.6 cm³/mol. The summed E-state index contributed by atoms with van der Waals surface area (Å²) in [7, 11) is 0. The normalized spacial score (nSPS) is 35.4. The van der Waals surface area contributed by atoms with Crippen LogP contribution in [0.3, 0.4) is 0 Å². The maximum absolute atomic E-state index is 2.61. The second kappa shape index (κ2) is 4.60. The van der Waals surface area contributed by atoms with Crippen molar-refractivity contribution >= 4 is 0 Å². The number of hydrogen-bond donors (Lipinski definition) is 0. The monoisotopic (exact) mass is 197 g/mol. The minimum atomic E-state index is 0.704. The summed E-state index contributed by atoms with van der Waals surface area (Å²) in [4.78, 5) is 7.82. The molecule has 3 aliphatic heterocycles. The molecule has 82 valence electrons. The summed E-state index contributed by atoms with van der Waals surface area (Å²) in [5.74, 6) is 0. The highest BCUT2D eigenvalue weighted by Gasteiger charge is 2.21. The highest BCUT2D eigenvalue weighted by molar-refractivity contribution is 4.78. The Balaban J connectivity index is 1.95. The van der Waals surface area contributed by atoms with Crippen molar-refractivity contribution in [2.45, 2.75) is 19.9 Å². The van der Waals surface area contributed by atoms with E-state index in [1.54, 1.807) is 0 Å². The van der Waals surface area contributed by atoms with Crippen LogP contribution < -0.4 is 0 Å². The van der Waals surface area contributed by atoms with E-state index in [-0.39, 0.29) is 0 Å². The van der Waals surface area contributed by atoms with Gasteiger partial charge in [-0.1, -0.05) is 0 Å². The lowest BCUT2D eigenvalue weighted by molar-refractivity contribution is 0.146. The molecule has 3 rings (SSSR count). The molecule has 3 saturated heterocycles. The average molecular weight is 197 g/mol. The molecular formula is C11H23N3. The molecule has 0 saturated carbocycles. The first kappa shape index (κ1) is 10.4. The Kier molecular flexibility index (Phi) is 3.42. The molecule has 0 aliphatic carbocycles. The Morgan fingerprint density at radius 3 is 1.36 bits per heavy atom. The highest BCUT2D eigenvalue weighted by Crippen LogP contribution is 2.07. The van der Waals surface area contributed by atoms with Crippen molar-refractivity contribution in [1.29, 1.82) is 0 Å². The van der Waals surface area contributed by atoms with Gasteiger partial charge in [-0.15, -0.1) is 0 Å². The smallest absolute Gasteiger partial charge is 0.0113 e. The summed E-state index contributed by atoms with van der Waals surface area (Å²) in [5.41, 5.74) is 0. The highest BCUT2D eigenvalue weighted by atomic mass is 15.3. The second-order valence-electron chi connectivity index (χ2n) is 4.81. The van der Waals surface area contributed by atoms with Gasteiger partial charge in [0, 0.05) is 58.4 Å². The van der Waals surface area contributed by atoms with Gasteiger partial charge < -0.3 is 0 Å². The van der Waals surface area contributed by atoms with Crippen LogP contribution in [0.2, 0.25) is 0 Å². The average Bonchev–Trinajstić information content (AvgIpc) is 2.33. The van der Waals surface area contributed by atoms with Crippen molar-refractivity contribution in [3.8, 4) is 0 Å². The molecule has 0 amide bonds. The van der Waals surface area contributed by atoms with E-state index in [1.165, 1.54) is 52.4 Å². The molecule has 0 aromatic rings. The van der Waals surface area contributed by atoms with E-state index in [2.05, 4.69) is 28.5 Å². The molecule has 0 unspecified atom stereocenters. The predicted octanol–water partition coefficient (Wildman–Crippen LogP) is 0.328. The fourth-order valence-corrected chi connectivity index (χ4v) is 2.40. The van der Waals surface area contributed by atoms with Crippen LogP contribution in [0.1, 0.15) is 13.8 Å². The van der Waals surface area contributed by atoms with Crippen LogP contribution in [0.4, 0.5) is 0 Å². The van der Waals surface area contributed by atoms with Gasteiger partial charge in [0.1, 0.15) is 0 Å². The van der Waals surface area contributed by atoms with Crippen molar-refractivity contribution in [1.82, 2.24) is 14.7 Å². The van der Waals surface area contributed by atoms with E-state index in [1.807, 2.05) is 0 Å². The van der Waals surface area contributed by atoms with Gasteiger partial charge >= 0.3 is 0 Å². The summed E-state index contributed by atoms with van der Waals surface area (Å²) in [6.45, 7) is 14.8. The van der Waals surface area contributed by atoms with Crippen LogP contribution in [0.15, 0.2) is 0 Å². The lowest BCUT2D eigenvalue weighted by Gasteiger charge is -2.32. The first-order chi connectivity index (χ1) is 6.75. The van der Waals surface area contributed by atoms with Crippen LogP contribution in [-0.4, -0.2) is 73.1 Å². The van der Waals surface area contributed by atoms with E-state index in [0.29, 0.717) is 6.04 Å². The standard InChI is InChI=1S/C11H23N3/c1-11(2)14-9-7-12-3-4-13(6-5-12)8-10-14/h11H,3-10H2,1-2H3. The Labute approximate surface area is 87.7 Å². The molecule has 0 N–H and O–H groups in total. The maximum atomic E-state index is 2.61. The first-order valence-electron chi connectivity index (χ1n) is 5.94. The molecule has 3 heteroatoms. The van der Waals surface area contributed by atoms with Crippen LogP contribution in [0.5, 0.6) is 0 Å². The molecule has 0 aromatic heterocycles. The van der Waals surface area contributed by atoms with Crippen molar-refractivity contribution in [2.24, 2.45) is 0 Å². The molecule has 3 aliphatic rings. The third-order valence-corrected chi connectivity index (χ3v) is 3.60. The number of rotatable bonds is 1. The Bertz CT molecular complexity index is 157. The van der Waals surface area contributed by atoms with E-state index in [0.717, 1.165) is 0 Å². The van der Waals surface area contributed by atoms with Gasteiger partial charge in [-0.05, 0) is 13.8 Å². The Hall–Kier alpha value is -0.120. The van der Waals surface area contributed by atoms with Crippen molar-refractivity contribution in [3.63, 3.8) is 0 Å². The van der Waals surface area contributed by atoms with Gasteiger partial charge in [-0.2, -0.15) is 0 Å². The Morgan fingerprint density at radius 2 is 1.00 bits per heavy atom. The van der Waals surface area contributed by atoms with Crippen molar-refractivity contribution in [3.05, 3.63) is 0 Å². The molecule has 14 heavy (non-hydrogen) atoms. The molecule has 3 fully saturated rings. The van der Waals surface area contributed by atoms with Gasteiger partial charge in [0.05, 0.1) is 0 Å². The van der Waals surface area contributed by atoms with Crippen molar-refractivity contribution in [2.75, 3.05) is 52.4 Å². The van der Waals surface area contributed by atoms with Gasteiger partial charge in [0.25, 0.3) is 0 Å². The van der Waals surface area contributed by atoms with Gasteiger partial charge in [0.2, 0.25) is 0 Å².